The topological polar surface area (TPSA) is 118 Å². The van der Waals surface area contributed by atoms with Gasteiger partial charge in [0.15, 0.2) is 0 Å². The summed E-state index contributed by atoms with van der Waals surface area (Å²) in [5.41, 5.74) is 10.9. The lowest BCUT2D eigenvalue weighted by Crippen LogP contribution is -2.41. The van der Waals surface area contributed by atoms with Crippen molar-refractivity contribution in [2.45, 2.75) is 31.7 Å². The van der Waals surface area contributed by atoms with Crippen molar-refractivity contribution >= 4 is 11.9 Å². The number of rotatable bonds is 8. The van der Waals surface area contributed by atoms with Crippen LogP contribution in [0.2, 0.25) is 0 Å². The summed E-state index contributed by atoms with van der Waals surface area (Å²) in [5.74, 6) is -1.24. The van der Waals surface area contributed by atoms with E-state index in [0.29, 0.717) is 13.0 Å². The summed E-state index contributed by atoms with van der Waals surface area (Å²) in [6.45, 7) is 0.714. The highest BCUT2D eigenvalue weighted by Gasteiger charge is 2.12. The summed E-state index contributed by atoms with van der Waals surface area (Å²) in [6, 6.07) is -0.564. The van der Waals surface area contributed by atoms with Crippen molar-refractivity contribution in [1.82, 2.24) is 5.32 Å². The Morgan fingerprint density at radius 2 is 2.00 bits per heavy atom. The van der Waals surface area contributed by atoms with E-state index in [9.17, 15) is 9.59 Å². The molecule has 0 aliphatic carbocycles. The van der Waals surface area contributed by atoms with Crippen molar-refractivity contribution in [3.63, 3.8) is 0 Å². The zero-order valence-electron chi connectivity index (χ0n) is 8.74. The van der Waals surface area contributed by atoms with Gasteiger partial charge in [-0.05, 0) is 19.4 Å². The fraction of sp³-hybridized carbons (Fsp3) is 0.778. The fourth-order valence-corrected chi connectivity index (χ4v) is 1.06. The lowest BCUT2D eigenvalue weighted by Gasteiger charge is -2.10. The summed E-state index contributed by atoms with van der Waals surface area (Å²) in [6.07, 6.45) is 2.15. The molecule has 1 atom stereocenters. The van der Waals surface area contributed by atoms with Crippen LogP contribution in [0.5, 0.6) is 0 Å². The lowest BCUT2D eigenvalue weighted by atomic mass is 10.1. The van der Waals surface area contributed by atoms with Crippen LogP contribution in [0.3, 0.4) is 0 Å². The van der Waals surface area contributed by atoms with Gasteiger partial charge in [-0.15, -0.1) is 0 Å². The lowest BCUT2D eigenvalue weighted by molar-refractivity contribution is -0.136. The molecule has 0 fully saturated rings. The van der Waals surface area contributed by atoms with E-state index in [-0.39, 0.29) is 18.9 Å². The minimum Gasteiger partial charge on any atom is -0.481 e. The van der Waals surface area contributed by atoms with E-state index in [4.69, 9.17) is 16.6 Å². The first-order valence-electron chi connectivity index (χ1n) is 5.03. The van der Waals surface area contributed by atoms with Gasteiger partial charge in [-0.25, -0.2) is 0 Å². The molecular weight excluding hydrogens is 198 g/mol. The van der Waals surface area contributed by atoms with E-state index in [2.05, 4.69) is 5.32 Å². The Bertz CT molecular complexity index is 209. The predicted molar refractivity (Wildman–Crippen MR) is 56.1 cm³/mol. The number of unbranched alkanes of at least 4 members (excludes halogenated alkanes) is 1. The van der Waals surface area contributed by atoms with Crippen molar-refractivity contribution in [1.29, 1.82) is 0 Å². The van der Waals surface area contributed by atoms with Crippen molar-refractivity contribution < 1.29 is 14.7 Å². The number of carbonyl (C=O) groups is 2. The Hall–Kier alpha value is -1.14. The molecule has 0 aromatic rings. The van der Waals surface area contributed by atoms with Crippen molar-refractivity contribution in [3.8, 4) is 0 Å². The summed E-state index contributed by atoms with van der Waals surface area (Å²) < 4.78 is 0. The number of carbonyl (C=O) groups excluding carboxylic acids is 1. The minimum absolute atomic E-state index is 0.0821. The van der Waals surface area contributed by atoms with Crippen LogP contribution in [0, 0.1) is 0 Å². The molecule has 6 N–H and O–H groups in total. The Morgan fingerprint density at radius 1 is 1.33 bits per heavy atom. The van der Waals surface area contributed by atoms with Crippen LogP contribution in [0.1, 0.15) is 25.7 Å². The summed E-state index contributed by atoms with van der Waals surface area (Å²) in [5, 5.41) is 10.8. The molecule has 0 heterocycles. The van der Waals surface area contributed by atoms with E-state index in [1.807, 2.05) is 0 Å². The van der Waals surface area contributed by atoms with Gasteiger partial charge in [-0.1, -0.05) is 6.42 Å². The Kier molecular flexibility index (Phi) is 7.57. The number of carboxylic acids is 1. The molecule has 0 saturated carbocycles. The van der Waals surface area contributed by atoms with Crippen molar-refractivity contribution in [2.24, 2.45) is 11.5 Å². The Morgan fingerprint density at radius 3 is 2.53 bits per heavy atom. The molecule has 0 bridgehead atoms. The third-order valence-corrected chi connectivity index (χ3v) is 1.94. The molecule has 0 spiro atoms. The number of nitrogens with one attached hydrogen (secondary N) is 1. The average Bonchev–Trinajstić information content (AvgIpc) is 2.17. The molecule has 1 unspecified atom stereocenters. The van der Waals surface area contributed by atoms with Crippen molar-refractivity contribution in [2.75, 3.05) is 13.1 Å². The first kappa shape index (κ1) is 13.9. The first-order chi connectivity index (χ1) is 7.07. The minimum atomic E-state index is -0.938. The second kappa shape index (κ2) is 8.19. The molecule has 0 saturated heterocycles. The summed E-state index contributed by atoms with van der Waals surface area (Å²) in [7, 11) is 0. The van der Waals surface area contributed by atoms with Crippen LogP contribution in [0.25, 0.3) is 0 Å². The molecule has 0 radical (unpaired) electrons. The van der Waals surface area contributed by atoms with Gasteiger partial charge in [0, 0.05) is 6.54 Å². The predicted octanol–water partition coefficient (Wildman–Crippen LogP) is -0.966. The van der Waals surface area contributed by atoms with Crippen LogP contribution < -0.4 is 16.8 Å². The molecule has 0 aromatic carbocycles. The van der Waals surface area contributed by atoms with E-state index in [0.717, 1.165) is 12.8 Å². The van der Waals surface area contributed by atoms with Gasteiger partial charge in [0.25, 0.3) is 0 Å². The fourth-order valence-electron chi connectivity index (χ4n) is 1.06. The maximum Gasteiger partial charge on any atom is 0.305 e. The van der Waals surface area contributed by atoms with Crippen molar-refractivity contribution in [3.05, 3.63) is 0 Å². The normalized spacial score (nSPS) is 12.1. The van der Waals surface area contributed by atoms with E-state index in [1.165, 1.54) is 0 Å². The molecule has 0 aliphatic heterocycles. The monoisotopic (exact) mass is 217 g/mol. The van der Waals surface area contributed by atoms with Crippen LogP contribution >= 0.6 is 0 Å². The maximum atomic E-state index is 11.3. The molecule has 1 amide bonds. The largest absolute Gasteiger partial charge is 0.481 e. The van der Waals surface area contributed by atoms with Crippen LogP contribution in [-0.2, 0) is 9.59 Å². The van der Waals surface area contributed by atoms with E-state index < -0.39 is 12.0 Å². The SMILES string of the molecule is NCCCCC(N)C(=O)NCCC(=O)O. The molecule has 6 heteroatoms. The number of hydrogen-bond acceptors (Lipinski definition) is 4. The maximum absolute atomic E-state index is 11.3. The summed E-state index contributed by atoms with van der Waals surface area (Å²) in [4.78, 5) is 21.4. The molecule has 0 aliphatic rings. The highest BCUT2D eigenvalue weighted by atomic mass is 16.4. The molecule has 0 rings (SSSR count). The van der Waals surface area contributed by atoms with E-state index >= 15 is 0 Å². The second-order valence-corrected chi connectivity index (χ2v) is 3.33. The van der Waals surface area contributed by atoms with Gasteiger partial charge >= 0.3 is 5.97 Å². The van der Waals surface area contributed by atoms with Gasteiger partial charge < -0.3 is 21.9 Å². The standard InChI is InChI=1S/C9H19N3O3/c10-5-2-1-3-7(11)9(15)12-6-4-8(13)14/h7H,1-6,10-11H2,(H,12,15)(H,13,14). The van der Waals surface area contributed by atoms with Gasteiger partial charge in [-0.3, -0.25) is 9.59 Å². The van der Waals surface area contributed by atoms with Gasteiger partial charge in [0.2, 0.25) is 5.91 Å². The molecule has 88 valence electrons. The molecular formula is C9H19N3O3. The first-order valence-corrected chi connectivity index (χ1v) is 5.03. The number of aliphatic carboxylic acids is 1. The van der Waals surface area contributed by atoms with Crippen LogP contribution in [0.15, 0.2) is 0 Å². The van der Waals surface area contributed by atoms with Crippen LogP contribution in [-0.4, -0.2) is 36.1 Å². The molecule has 15 heavy (non-hydrogen) atoms. The quantitative estimate of drug-likeness (QED) is 0.390. The summed E-state index contributed by atoms with van der Waals surface area (Å²) >= 11 is 0. The van der Waals surface area contributed by atoms with Gasteiger partial charge in [0.05, 0.1) is 12.5 Å². The Labute approximate surface area is 89.0 Å². The zero-order chi connectivity index (χ0) is 11.7. The third-order valence-electron chi connectivity index (χ3n) is 1.94. The highest BCUT2D eigenvalue weighted by molar-refractivity contribution is 5.81. The smallest absolute Gasteiger partial charge is 0.305 e. The molecule has 6 nitrogen and oxygen atoms in total. The van der Waals surface area contributed by atoms with Gasteiger partial charge in [0.1, 0.15) is 0 Å². The second-order valence-electron chi connectivity index (χ2n) is 3.33. The van der Waals surface area contributed by atoms with Gasteiger partial charge in [-0.2, -0.15) is 0 Å². The number of carboxylic acid groups (broad SMARTS) is 1. The van der Waals surface area contributed by atoms with E-state index in [1.54, 1.807) is 0 Å². The third kappa shape index (κ3) is 7.90. The number of amides is 1. The average molecular weight is 217 g/mol. The molecule has 0 aromatic heterocycles. The number of hydrogen-bond donors (Lipinski definition) is 4. The van der Waals surface area contributed by atoms with Crippen LogP contribution in [0.4, 0.5) is 0 Å². The Balaban J connectivity index is 3.55. The number of nitrogens with two attached hydrogens (primary N) is 2. The highest BCUT2D eigenvalue weighted by Crippen LogP contribution is 1.97. The zero-order valence-corrected chi connectivity index (χ0v) is 8.74.